The van der Waals surface area contributed by atoms with Crippen LogP contribution >= 0.6 is 15.9 Å². The number of nitrogens with zero attached hydrogens (tertiary/aromatic N) is 1. The van der Waals surface area contributed by atoms with Gasteiger partial charge in [-0.3, -0.25) is 0 Å². The topological polar surface area (TPSA) is 15.3 Å². The fourth-order valence-corrected chi connectivity index (χ4v) is 3.15. The summed E-state index contributed by atoms with van der Waals surface area (Å²) in [5.74, 6) is -0.212. The van der Waals surface area contributed by atoms with E-state index in [1.54, 1.807) is 0 Å². The third kappa shape index (κ3) is 3.56. The Kier molecular flexibility index (Phi) is 4.98. The highest BCUT2D eigenvalue weighted by Crippen LogP contribution is 2.25. The Morgan fingerprint density at radius 2 is 1.95 bits per heavy atom. The van der Waals surface area contributed by atoms with E-state index in [4.69, 9.17) is 0 Å². The summed E-state index contributed by atoms with van der Waals surface area (Å²) >= 11 is 3.25. The van der Waals surface area contributed by atoms with Gasteiger partial charge in [-0.05, 0) is 67.2 Å². The van der Waals surface area contributed by atoms with Gasteiger partial charge in [-0.2, -0.15) is 0 Å². The van der Waals surface area contributed by atoms with Gasteiger partial charge in [0, 0.05) is 18.1 Å². The van der Waals surface area contributed by atoms with Crippen LogP contribution in [0.3, 0.4) is 0 Å². The Morgan fingerprint density at radius 1 is 1.32 bits per heavy atom. The van der Waals surface area contributed by atoms with E-state index < -0.39 is 0 Å². The maximum Gasteiger partial charge on any atom is 0.137 e. The van der Waals surface area contributed by atoms with E-state index in [9.17, 15) is 4.39 Å². The predicted molar refractivity (Wildman–Crippen MR) is 80.3 cm³/mol. The van der Waals surface area contributed by atoms with Crippen molar-refractivity contribution in [1.29, 1.82) is 0 Å². The number of nitrogens with one attached hydrogen (secondary N) is 1. The van der Waals surface area contributed by atoms with Gasteiger partial charge in [0.15, 0.2) is 0 Å². The molecule has 1 aromatic rings. The number of rotatable bonds is 3. The van der Waals surface area contributed by atoms with Crippen molar-refractivity contribution in [1.82, 2.24) is 10.4 Å². The van der Waals surface area contributed by atoms with Crippen molar-refractivity contribution in [2.75, 3.05) is 0 Å². The van der Waals surface area contributed by atoms with E-state index in [1.807, 2.05) is 12.1 Å². The van der Waals surface area contributed by atoms with E-state index in [0.717, 1.165) is 5.56 Å². The van der Waals surface area contributed by atoms with Crippen molar-refractivity contribution in [3.05, 3.63) is 34.1 Å². The molecule has 3 atom stereocenters. The smallest absolute Gasteiger partial charge is 0.137 e. The highest BCUT2D eigenvalue weighted by Gasteiger charge is 2.26. The first-order valence-corrected chi connectivity index (χ1v) is 7.77. The molecule has 0 aromatic heterocycles. The second-order valence-electron chi connectivity index (χ2n) is 5.56. The van der Waals surface area contributed by atoms with Crippen LogP contribution in [0.25, 0.3) is 0 Å². The molecule has 1 aliphatic rings. The Balaban J connectivity index is 2.07. The van der Waals surface area contributed by atoms with Crippen LogP contribution in [-0.2, 0) is 0 Å². The molecule has 2 rings (SSSR count). The van der Waals surface area contributed by atoms with Crippen LogP contribution in [0.1, 0.15) is 51.6 Å². The Morgan fingerprint density at radius 3 is 2.53 bits per heavy atom. The maximum absolute atomic E-state index is 13.3. The van der Waals surface area contributed by atoms with Gasteiger partial charge in [0.05, 0.1) is 4.47 Å². The monoisotopic (exact) mass is 328 g/mol. The minimum Gasteiger partial charge on any atom is -0.247 e. The molecule has 0 bridgehead atoms. The lowest BCUT2D eigenvalue weighted by Crippen LogP contribution is -2.52. The molecule has 3 unspecified atom stereocenters. The third-order valence-corrected chi connectivity index (χ3v) is 4.59. The fraction of sp³-hybridized carbons (Fsp3) is 0.600. The standard InChI is InChI=1S/C15H22BrFN2/c1-10-5-4-6-11(2)19(10)18-12(3)13-7-8-15(17)14(16)9-13/h7-12,18H,4-6H2,1-3H3. The van der Waals surface area contributed by atoms with Crippen molar-refractivity contribution in [2.45, 2.75) is 58.2 Å². The first-order valence-electron chi connectivity index (χ1n) is 6.98. The summed E-state index contributed by atoms with van der Waals surface area (Å²) in [7, 11) is 0. The van der Waals surface area contributed by atoms with Crippen LogP contribution < -0.4 is 5.43 Å². The maximum atomic E-state index is 13.3. The van der Waals surface area contributed by atoms with Crippen LogP contribution in [0, 0.1) is 5.82 Å². The lowest BCUT2D eigenvalue weighted by atomic mass is 9.99. The molecule has 1 N–H and O–H groups in total. The molecule has 0 radical (unpaired) electrons. The minimum atomic E-state index is -0.212. The zero-order valence-corrected chi connectivity index (χ0v) is 13.4. The largest absolute Gasteiger partial charge is 0.247 e. The van der Waals surface area contributed by atoms with Crippen molar-refractivity contribution < 1.29 is 4.39 Å². The molecule has 1 fully saturated rings. The van der Waals surface area contributed by atoms with E-state index in [-0.39, 0.29) is 11.9 Å². The van der Waals surface area contributed by atoms with Gasteiger partial charge in [-0.25, -0.2) is 14.8 Å². The van der Waals surface area contributed by atoms with E-state index in [2.05, 4.69) is 47.1 Å². The Labute approximate surface area is 123 Å². The second kappa shape index (κ2) is 6.33. The molecular weight excluding hydrogens is 307 g/mol. The van der Waals surface area contributed by atoms with Crippen molar-refractivity contribution in [3.63, 3.8) is 0 Å². The molecular formula is C15H22BrFN2. The normalized spacial score (nSPS) is 26.4. The highest BCUT2D eigenvalue weighted by atomic mass is 79.9. The molecule has 0 saturated carbocycles. The fourth-order valence-electron chi connectivity index (χ4n) is 2.76. The summed E-state index contributed by atoms with van der Waals surface area (Å²) < 4.78 is 13.8. The van der Waals surface area contributed by atoms with Gasteiger partial charge in [-0.1, -0.05) is 12.5 Å². The molecule has 106 valence electrons. The number of halogens is 2. The summed E-state index contributed by atoms with van der Waals surface area (Å²) in [5.41, 5.74) is 4.67. The molecule has 1 aliphatic heterocycles. The van der Waals surface area contributed by atoms with Gasteiger partial charge in [-0.15, -0.1) is 0 Å². The van der Waals surface area contributed by atoms with Gasteiger partial charge in [0.1, 0.15) is 5.82 Å². The first-order chi connectivity index (χ1) is 8.99. The van der Waals surface area contributed by atoms with E-state index in [1.165, 1.54) is 25.3 Å². The van der Waals surface area contributed by atoms with Crippen LogP contribution in [0.5, 0.6) is 0 Å². The lowest BCUT2D eigenvalue weighted by molar-refractivity contribution is 0.0320. The van der Waals surface area contributed by atoms with Gasteiger partial charge >= 0.3 is 0 Å². The summed E-state index contributed by atoms with van der Waals surface area (Å²) in [4.78, 5) is 0. The van der Waals surface area contributed by atoms with Crippen molar-refractivity contribution >= 4 is 15.9 Å². The van der Waals surface area contributed by atoms with Gasteiger partial charge < -0.3 is 0 Å². The zero-order valence-electron chi connectivity index (χ0n) is 11.8. The first kappa shape index (κ1) is 14.9. The third-order valence-electron chi connectivity index (χ3n) is 3.98. The van der Waals surface area contributed by atoms with Crippen LogP contribution in [-0.4, -0.2) is 17.1 Å². The molecule has 19 heavy (non-hydrogen) atoms. The number of benzene rings is 1. The zero-order chi connectivity index (χ0) is 14.0. The molecule has 1 heterocycles. The number of hydrogen-bond acceptors (Lipinski definition) is 2. The van der Waals surface area contributed by atoms with Gasteiger partial charge in [0.25, 0.3) is 0 Å². The van der Waals surface area contributed by atoms with Crippen LogP contribution in [0.2, 0.25) is 0 Å². The van der Waals surface area contributed by atoms with Crippen molar-refractivity contribution in [2.24, 2.45) is 0 Å². The lowest BCUT2D eigenvalue weighted by Gasteiger charge is -2.41. The highest BCUT2D eigenvalue weighted by molar-refractivity contribution is 9.10. The predicted octanol–water partition coefficient (Wildman–Crippen LogP) is 4.42. The summed E-state index contributed by atoms with van der Waals surface area (Å²) in [6.45, 7) is 6.64. The number of hydrazine groups is 1. The Hall–Kier alpha value is -0.450. The van der Waals surface area contributed by atoms with E-state index in [0.29, 0.717) is 16.6 Å². The average Bonchev–Trinajstić information content (AvgIpc) is 2.37. The second-order valence-corrected chi connectivity index (χ2v) is 6.41. The van der Waals surface area contributed by atoms with Crippen molar-refractivity contribution in [3.8, 4) is 0 Å². The van der Waals surface area contributed by atoms with E-state index >= 15 is 0 Å². The SMILES string of the molecule is CC(NN1C(C)CCCC1C)c1ccc(F)c(Br)c1. The molecule has 2 nitrogen and oxygen atoms in total. The molecule has 0 amide bonds. The minimum absolute atomic E-state index is 0.180. The number of piperidine rings is 1. The quantitative estimate of drug-likeness (QED) is 0.883. The summed E-state index contributed by atoms with van der Waals surface area (Å²) in [6.07, 6.45) is 3.77. The average molecular weight is 329 g/mol. The Bertz CT molecular complexity index is 428. The molecule has 0 spiro atoms. The summed E-state index contributed by atoms with van der Waals surface area (Å²) in [6, 6.07) is 6.49. The molecule has 0 aliphatic carbocycles. The molecule has 1 aromatic carbocycles. The summed E-state index contributed by atoms with van der Waals surface area (Å²) in [5, 5.41) is 2.35. The van der Waals surface area contributed by atoms with Gasteiger partial charge in [0.2, 0.25) is 0 Å². The number of hydrogen-bond donors (Lipinski definition) is 1. The van der Waals surface area contributed by atoms with Crippen LogP contribution in [0.15, 0.2) is 22.7 Å². The molecule has 4 heteroatoms. The van der Waals surface area contributed by atoms with Crippen LogP contribution in [0.4, 0.5) is 4.39 Å². The molecule has 1 saturated heterocycles.